The first-order valence-electron chi connectivity index (χ1n) is 6.04. The van der Waals surface area contributed by atoms with Crippen molar-refractivity contribution in [2.24, 2.45) is 5.14 Å². The second-order valence-electron chi connectivity index (χ2n) is 4.75. The number of nitrogens with zero attached hydrogens (tertiary/aromatic N) is 2. The SMILES string of the molecule is CS(=O)(=O)N1CCN(C(=O)c2cc(S(N)(=O)=O)c[nH]2)CC1. The van der Waals surface area contributed by atoms with E-state index >= 15 is 0 Å². The Morgan fingerprint density at radius 2 is 1.76 bits per heavy atom. The van der Waals surface area contributed by atoms with Gasteiger partial charge in [-0.25, -0.2) is 22.0 Å². The summed E-state index contributed by atoms with van der Waals surface area (Å²) in [5.41, 5.74) is 0.104. The molecule has 0 radical (unpaired) electrons. The first kappa shape index (κ1) is 15.9. The highest BCUT2D eigenvalue weighted by atomic mass is 32.2. The van der Waals surface area contributed by atoms with Gasteiger partial charge in [-0.15, -0.1) is 0 Å². The van der Waals surface area contributed by atoms with Crippen molar-refractivity contribution < 1.29 is 21.6 Å². The van der Waals surface area contributed by atoms with Crippen LogP contribution in [-0.2, 0) is 20.0 Å². The van der Waals surface area contributed by atoms with Gasteiger partial charge in [-0.05, 0) is 6.07 Å². The zero-order valence-corrected chi connectivity index (χ0v) is 12.9. The predicted octanol–water partition coefficient (Wildman–Crippen LogP) is -1.62. The van der Waals surface area contributed by atoms with E-state index in [1.54, 1.807) is 0 Å². The van der Waals surface area contributed by atoms with E-state index in [-0.39, 0.29) is 36.8 Å². The van der Waals surface area contributed by atoms with Crippen LogP contribution in [0.4, 0.5) is 0 Å². The summed E-state index contributed by atoms with van der Waals surface area (Å²) < 4.78 is 46.4. The van der Waals surface area contributed by atoms with Crippen LogP contribution in [0.2, 0.25) is 0 Å². The molecule has 2 heterocycles. The average molecular weight is 336 g/mol. The monoisotopic (exact) mass is 336 g/mol. The van der Waals surface area contributed by atoms with Gasteiger partial charge < -0.3 is 9.88 Å². The van der Waals surface area contributed by atoms with Crippen LogP contribution in [0.25, 0.3) is 0 Å². The van der Waals surface area contributed by atoms with Gasteiger partial charge in [0.2, 0.25) is 20.0 Å². The van der Waals surface area contributed by atoms with Crippen LogP contribution in [0.15, 0.2) is 17.2 Å². The minimum Gasteiger partial charge on any atom is -0.356 e. The Hall–Kier alpha value is -1.43. The number of sulfonamides is 2. The summed E-state index contributed by atoms with van der Waals surface area (Å²) >= 11 is 0. The number of nitrogens with one attached hydrogen (secondary N) is 1. The normalized spacial score (nSPS) is 17.9. The summed E-state index contributed by atoms with van der Waals surface area (Å²) in [6.45, 7) is 0.923. The number of hydrogen-bond donors (Lipinski definition) is 2. The molecule has 21 heavy (non-hydrogen) atoms. The fourth-order valence-electron chi connectivity index (χ4n) is 2.06. The number of amides is 1. The molecule has 1 aromatic heterocycles. The maximum atomic E-state index is 12.2. The zero-order chi connectivity index (χ0) is 15.8. The van der Waals surface area contributed by atoms with Crippen molar-refractivity contribution in [2.45, 2.75) is 4.90 Å². The fraction of sp³-hybridized carbons (Fsp3) is 0.500. The minimum absolute atomic E-state index is 0.104. The van der Waals surface area contributed by atoms with Crippen LogP contribution in [0.5, 0.6) is 0 Å². The molecule has 1 fully saturated rings. The molecular formula is C10H16N4O5S2. The number of aromatic nitrogens is 1. The van der Waals surface area contributed by atoms with Crippen molar-refractivity contribution in [3.8, 4) is 0 Å². The van der Waals surface area contributed by atoms with E-state index in [4.69, 9.17) is 5.14 Å². The Kier molecular flexibility index (Phi) is 4.10. The van der Waals surface area contributed by atoms with E-state index in [2.05, 4.69) is 4.98 Å². The lowest BCUT2D eigenvalue weighted by Gasteiger charge is -2.32. The maximum Gasteiger partial charge on any atom is 0.270 e. The van der Waals surface area contributed by atoms with Crippen LogP contribution in [0, 0.1) is 0 Å². The fourth-order valence-corrected chi connectivity index (χ4v) is 3.39. The number of primary sulfonamides is 1. The Morgan fingerprint density at radius 1 is 1.19 bits per heavy atom. The molecule has 0 aliphatic carbocycles. The quantitative estimate of drug-likeness (QED) is 0.684. The summed E-state index contributed by atoms with van der Waals surface area (Å²) in [4.78, 5) is 16.0. The van der Waals surface area contributed by atoms with Crippen molar-refractivity contribution in [1.82, 2.24) is 14.2 Å². The molecule has 1 aliphatic rings. The lowest BCUT2D eigenvalue weighted by Crippen LogP contribution is -2.50. The van der Waals surface area contributed by atoms with Crippen LogP contribution < -0.4 is 5.14 Å². The van der Waals surface area contributed by atoms with E-state index < -0.39 is 26.0 Å². The van der Waals surface area contributed by atoms with Crippen LogP contribution in [0.1, 0.15) is 10.5 Å². The van der Waals surface area contributed by atoms with Gasteiger partial charge in [0.05, 0.1) is 11.2 Å². The smallest absolute Gasteiger partial charge is 0.270 e. The maximum absolute atomic E-state index is 12.2. The standard InChI is InChI=1S/C10H16N4O5S2/c1-20(16,17)14-4-2-13(3-5-14)10(15)9-6-8(7-12-9)21(11,18)19/h6-7,12H,2-5H2,1H3,(H2,11,18,19). The molecule has 0 bridgehead atoms. The number of hydrogen-bond acceptors (Lipinski definition) is 5. The Bertz CT molecular complexity index is 744. The molecule has 1 aliphatic heterocycles. The second kappa shape index (κ2) is 5.40. The third-order valence-corrected chi connectivity index (χ3v) is 5.41. The number of piperazine rings is 1. The predicted molar refractivity (Wildman–Crippen MR) is 74.5 cm³/mol. The Balaban J connectivity index is 2.07. The van der Waals surface area contributed by atoms with Gasteiger partial charge in [-0.2, -0.15) is 4.31 Å². The molecule has 11 heteroatoms. The van der Waals surface area contributed by atoms with Crippen molar-refractivity contribution in [1.29, 1.82) is 0 Å². The highest BCUT2D eigenvalue weighted by Gasteiger charge is 2.27. The van der Waals surface area contributed by atoms with Gasteiger partial charge in [-0.1, -0.05) is 0 Å². The van der Waals surface area contributed by atoms with Crippen molar-refractivity contribution >= 4 is 26.0 Å². The van der Waals surface area contributed by atoms with Crippen LogP contribution in [-0.4, -0.2) is 69.4 Å². The van der Waals surface area contributed by atoms with Crippen molar-refractivity contribution in [3.05, 3.63) is 18.0 Å². The average Bonchev–Trinajstić information content (AvgIpc) is 2.86. The topological polar surface area (TPSA) is 134 Å². The van der Waals surface area contributed by atoms with Gasteiger partial charge in [0.25, 0.3) is 5.91 Å². The van der Waals surface area contributed by atoms with Crippen LogP contribution in [0.3, 0.4) is 0 Å². The zero-order valence-electron chi connectivity index (χ0n) is 11.3. The second-order valence-corrected chi connectivity index (χ2v) is 8.29. The molecular weight excluding hydrogens is 320 g/mol. The molecule has 0 saturated carbocycles. The summed E-state index contributed by atoms with van der Waals surface area (Å²) in [6, 6.07) is 1.17. The Morgan fingerprint density at radius 3 is 2.19 bits per heavy atom. The van der Waals surface area contributed by atoms with Gasteiger partial charge in [0.15, 0.2) is 0 Å². The van der Waals surface area contributed by atoms with Crippen molar-refractivity contribution in [2.75, 3.05) is 32.4 Å². The molecule has 9 nitrogen and oxygen atoms in total. The molecule has 0 aromatic carbocycles. The number of H-pyrrole nitrogens is 1. The number of rotatable bonds is 3. The molecule has 118 valence electrons. The van der Waals surface area contributed by atoms with Gasteiger partial charge >= 0.3 is 0 Å². The van der Waals surface area contributed by atoms with E-state index in [0.29, 0.717) is 0 Å². The van der Waals surface area contributed by atoms with E-state index in [1.807, 2.05) is 0 Å². The molecule has 1 aromatic rings. The lowest BCUT2D eigenvalue weighted by atomic mass is 10.3. The molecule has 3 N–H and O–H groups in total. The molecule has 1 amide bonds. The molecule has 0 atom stereocenters. The van der Waals surface area contributed by atoms with E-state index in [0.717, 1.165) is 12.5 Å². The summed E-state index contributed by atoms with van der Waals surface area (Å²) in [6.07, 6.45) is 2.27. The van der Waals surface area contributed by atoms with Gasteiger partial charge in [0.1, 0.15) is 5.69 Å². The van der Waals surface area contributed by atoms with E-state index in [9.17, 15) is 21.6 Å². The summed E-state index contributed by atoms with van der Waals surface area (Å²) in [5.74, 6) is -0.391. The number of carbonyl (C=O) groups excluding carboxylic acids is 1. The number of aromatic amines is 1. The lowest BCUT2D eigenvalue weighted by molar-refractivity contribution is 0.0693. The first-order valence-corrected chi connectivity index (χ1v) is 9.44. The van der Waals surface area contributed by atoms with E-state index in [1.165, 1.54) is 15.3 Å². The third kappa shape index (κ3) is 3.61. The first-order chi connectivity index (χ1) is 9.59. The molecule has 0 spiro atoms. The third-order valence-electron chi connectivity index (χ3n) is 3.21. The van der Waals surface area contributed by atoms with Gasteiger partial charge in [-0.3, -0.25) is 4.79 Å². The number of nitrogens with two attached hydrogens (primary N) is 1. The molecule has 2 rings (SSSR count). The van der Waals surface area contributed by atoms with Crippen molar-refractivity contribution in [3.63, 3.8) is 0 Å². The van der Waals surface area contributed by atoms with Gasteiger partial charge in [0, 0.05) is 32.4 Å². The summed E-state index contributed by atoms with van der Waals surface area (Å²) in [7, 11) is -7.13. The highest BCUT2D eigenvalue weighted by molar-refractivity contribution is 7.89. The highest BCUT2D eigenvalue weighted by Crippen LogP contribution is 2.13. The largest absolute Gasteiger partial charge is 0.356 e. The summed E-state index contributed by atoms with van der Waals surface area (Å²) in [5, 5.41) is 4.97. The van der Waals surface area contributed by atoms with Crippen LogP contribution >= 0.6 is 0 Å². The molecule has 1 saturated heterocycles. The molecule has 0 unspecified atom stereocenters. The minimum atomic E-state index is -3.86. The number of carbonyl (C=O) groups is 1. The Labute approximate surface area is 122 Å².